The van der Waals surface area contributed by atoms with Crippen LogP contribution in [0.2, 0.25) is 0 Å². The van der Waals surface area contributed by atoms with Gasteiger partial charge in [-0.25, -0.2) is 4.79 Å². The van der Waals surface area contributed by atoms with Crippen molar-refractivity contribution in [1.82, 2.24) is 0 Å². The Morgan fingerprint density at radius 2 is 2.28 bits per heavy atom. The average Bonchev–Trinajstić information content (AvgIpc) is 2.58. The van der Waals surface area contributed by atoms with E-state index in [1.54, 1.807) is 19.1 Å². The van der Waals surface area contributed by atoms with Gasteiger partial charge in [-0.15, -0.1) is 0 Å². The lowest BCUT2D eigenvalue weighted by Gasteiger charge is -2.14. The molecular formula is C18H27NO6. The molecule has 0 aromatic heterocycles. The highest BCUT2D eigenvalue weighted by molar-refractivity contribution is 5.82. The summed E-state index contributed by atoms with van der Waals surface area (Å²) in [5.41, 5.74) is 0.771. The Bertz CT molecular complexity index is 526. The number of hydrogen-bond donors (Lipinski definition) is 1. The predicted molar refractivity (Wildman–Crippen MR) is 93.4 cm³/mol. The van der Waals surface area contributed by atoms with Crippen molar-refractivity contribution in [3.05, 3.63) is 46.1 Å². The van der Waals surface area contributed by atoms with Crippen LogP contribution in [0, 0.1) is 10.1 Å². The van der Waals surface area contributed by atoms with E-state index in [2.05, 4.69) is 0 Å². The summed E-state index contributed by atoms with van der Waals surface area (Å²) in [6.07, 6.45) is 9.52. The molecule has 1 aliphatic rings. The second-order valence-corrected chi connectivity index (χ2v) is 5.97. The van der Waals surface area contributed by atoms with Crippen molar-refractivity contribution in [3.8, 4) is 0 Å². The molecule has 7 heteroatoms. The first-order chi connectivity index (χ1) is 11.9. The Morgan fingerprint density at radius 3 is 2.96 bits per heavy atom. The van der Waals surface area contributed by atoms with E-state index in [9.17, 15) is 20.0 Å². The van der Waals surface area contributed by atoms with Gasteiger partial charge in [-0.2, -0.15) is 0 Å². The molecule has 0 heterocycles. The number of carbonyl (C=O) groups excluding carboxylic acids is 1. The van der Waals surface area contributed by atoms with Gasteiger partial charge in [0, 0.05) is 23.8 Å². The number of rotatable bonds is 10. The Balaban J connectivity index is 2.37. The lowest BCUT2D eigenvalue weighted by molar-refractivity contribution is -0.523. The van der Waals surface area contributed by atoms with Crippen LogP contribution < -0.4 is 0 Å². The zero-order valence-corrected chi connectivity index (χ0v) is 14.8. The van der Waals surface area contributed by atoms with Crippen molar-refractivity contribution in [2.75, 3.05) is 6.61 Å². The van der Waals surface area contributed by atoms with Crippen LogP contribution in [0.4, 0.5) is 0 Å². The van der Waals surface area contributed by atoms with Gasteiger partial charge in [-0.3, -0.25) is 10.1 Å². The summed E-state index contributed by atoms with van der Waals surface area (Å²) in [6, 6.07) is -0.586. The van der Waals surface area contributed by atoms with Gasteiger partial charge in [0.1, 0.15) is 6.10 Å². The van der Waals surface area contributed by atoms with Crippen LogP contribution in [0.25, 0.3) is 0 Å². The molecule has 3 atom stereocenters. The number of unbranched alkanes of at least 4 members (excludes halogenated alkanes) is 1. The van der Waals surface area contributed by atoms with Crippen LogP contribution in [0.3, 0.4) is 0 Å². The Morgan fingerprint density at radius 1 is 1.52 bits per heavy atom. The number of allylic oxidation sites excluding steroid dienone is 2. The lowest BCUT2D eigenvalue weighted by atomic mass is 9.95. The monoisotopic (exact) mass is 353 g/mol. The van der Waals surface area contributed by atoms with Gasteiger partial charge in [-0.1, -0.05) is 25.5 Å². The first kappa shape index (κ1) is 21.1. The number of aliphatic hydroxyl groups is 1. The molecule has 0 bridgehead atoms. The number of nitro groups is 1. The van der Waals surface area contributed by atoms with E-state index in [4.69, 9.17) is 9.47 Å². The van der Waals surface area contributed by atoms with Crippen molar-refractivity contribution in [1.29, 1.82) is 0 Å². The molecule has 7 nitrogen and oxygen atoms in total. The molecule has 0 radical (unpaired) electrons. The highest BCUT2D eigenvalue weighted by atomic mass is 16.6. The molecule has 0 amide bonds. The van der Waals surface area contributed by atoms with Crippen LogP contribution in [0.1, 0.15) is 46.0 Å². The second-order valence-electron chi connectivity index (χ2n) is 5.97. The van der Waals surface area contributed by atoms with Gasteiger partial charge >= 0.3 is 5.97 Å². The molecule has 0 aromatic rings. The van der Waals surface area contributed by atoms with E-state index < -0.39 is 24.4 Å². The van der Waals surface area contributed by atoms with Gasteiger partial charge in [-0.05, 0) is 37.5 Å². The van der Waals surface area contributed by atoms with Gasteiger partial charge < -0.3 is 14.6 Å². The summed E-state index contributed by atoms with van der Waals surface area (Å²) < 4.78 is 10.3. The lowest BCUT2D eigenvalue weighted by Crippen LogP contribution is -2.22. The van der Waals surface area contributed by atoms with Gasteiger partial charge in [0.25, 0.3) is 0 Å². The van der Waals surface area contributed by atoms with E-state index in [1.165, 1.54) is 12.2 Å². The molecule has 1 rings (SSSR count). The van der Waals surface area contributed by atoms with E-state index in [0.717, 1.165) is 18.4 Å². The third-order valence-corrected chi connectivity index (χ3v) is 3.74. The summed E-state index contributed by atoms with van der Waals surface area (Å²) >= 11 is 0. The maximum atomic E-state index is 11.8. The number of hydrogen-bond acceptors (Lipinski definition) is 6. The quantitative estimate of drug-likeness (QED) is 0.123. The van der Waals surface area contributed by atoms with Gasteiger partial charge in [0.15, 0.2) is 6.29 Å². The normalized spacial score (nSPS) is 20.4. The Kier molecular flexibility index (Phi) is 9.72. The molecule has 0 saturated carbocycles. The minimum Gasteiger partial charge on any atom is -0.455 e. The van der Waals surface area contributed by atoms with E-state index in [0.29, 0.717) is 25.9 Å². The number of esters is 1. The summed E-state index contributed by atoms with van der Waals surface area (Å²) in [5, 5.41) is 20.4. The topological polar surface area (TPSA) is 98.9 Å². The minimum atomic E-state index is -1.02. The molecule has 0 aromatic carbocycles. The van der Waals surface area contributed by atoms with Crippen LogP contribution in [-0.4, -0.2) is 41.0 Å². The molecule has 0 aliphatic heterocycles. The predicted octanol–water partition coefficient (Wildman–Crippen LogP) is 2.92. The molecule has 2 unspecified atom stereocenters. The number of ether oxygens (including phenoxy) is 2. The van der Waals surface area contributed by atoms with Crippen LogP contribution in [-0.2, 0) is 14.3 Å². The van der Waals surface area contributed by atoms with Crippen LogP contribution >= 0.6 is 0 Å². The standard InChI is InChI=1S/C18H27NO6/c1-3-4-12-24-17(20)10-8-14(2)25-18(21)11-9-15-6-5-7-16(13-15)19(22)23/h6,8-11,14,16-17,20H,3-5,7,12-13H2,1-2H3/b10-8-,11-9+/t14-,16?,17?/m1/s1. The summed E-state index contributed by atoms with van der Waals surface area (Å²) in [5.74, 6) is -0.539. The maximum absolute atomic E-state index is 11.8. The Labute approximate surface area is 148 Å². The number of nitrogens with zero attached hydrogens (tertiary/aromatic N) is 1. The fraction of sp³-hybridized carbons (Fsp3) is 0.611. The largest absolute Gasteiger partial charge is 0.455 e. The highest BCUT2D eigenvalue weighted by Crippen LogP contribution is 2.21. The summed E-state index contributed by atoms with van der Waals surface area (Å²) in [6.45, 7) is 4.17. The van der Waals surface area contributed by atoms with E-state index in [-0.39, 0.29) is 4.92 Å². The average molecular weight is 353 g/mol. The highest BCUT2D eigenvalue weighted by Gasteiger charge is 2.23. The fourth-order valence-corrected chi connectivity index (χ4v) is 2.33. The second kappa shape index (κ2) is 11.5. The third kappa shape index (κ3) is 9.16. The first-order valence-electron chi connectivity index (χ1n) is 8.61. The first-order valence-corrected chi connectivity index (χ1v) is 8.61. The van der Waals surface area contributed by atoms with Crippen LogP contribution in [0.5, 0.6) is 0 Å². The molecule has 1 N–H and O–H groups in total. The van der Waals surface area contributed by atoms with Crippen molar-refractivity contribution in [2.24, 2.45) is 0 Å². The van der Waals surface area contributed by atoms with Crippen molar-refractivity contribution in [3.63, 3.8) is 0 Å². The molecule has 25 heavy (non-hydrogen) atoms. The van der Waals surface area contributed by atoms with Gasteiger partial charge in [0.05, 0.1) is 6.61 Å². The summed E-state index contributed by atoms with van der Waals surface area (Å²) in [7, 11) is 0. The van der Waals surface area contributed by atoms with E-state index in [1.807, 2.05) is 13.0 Å². The van der Waals surface area contributed by atoms with Crippen molar-refractivity contribution >= 4 is 5.97 Å². The maximum Gasteiger partial charge on any atom is 0.331 e. The molecular weight excluding hydrogens is 326 g/mol. The third-order valence-electron chi connectivity index (χ3n) is 3.74. The van der Waals surface area contributed by atoms with Crippen LogP contribution in [0.15, 0.2) is 36.0 Å². The molecule has 0 fully saturated rings. The molecule has 0 saturated heterocycles. The zero-order valence-electron chi connectivity index (χ0n) is 14.8. The van der Waals surface area contributed by atoms with Crippen molar-refractivity contribution in [2.45, 2.75) is 64.4 Å². The molecule has 1 aliphatic carbocycles. The minimum absolute atomic E-state index is 0.278. The molecule has 140 valence electrons. The SMILES string of the molecule is CCCCOC(O)/C=C\[C@@H](C)OC(=O)/C=C/C1=CCCC([N+](=O)[O-])C1. The van der Waals surface area contributed by atoms with Crippen molar-refractivity contribution < 1.29 is 24.3 Å². The van der Waals surface area contributed by atoms with Gasteiger partial charge in [0.2, 0.25) is 6.04 Å². The van der Waals surface area contributed by atoms with E-state index >= 15 is 0 Å². The Hall–Kier alpha value is -1.99. The number of aliphatic hydroxyl groups excluding tert-OH is 1. The number of carbonyl (C=O) groups is 1. The molecule has 0 spiro atoms. The zero-order chi connectivity index (χ0) is 18.7. The smallest absolute Gasteiger partial charge is 0.331 e. The summed E-state index contributed by atoms with van der Waals surface area (Å²) in [4.78, 5) is 22.3. The fourth-order valence-electron chi connectivity index (χ4n) is 2.33.